The maximum absolute atomic E-state index is 13.2. The highest BCUT2D eigenvalue weighted by Gasteiger charge is 2.47. The summed E-state index contributed by atoms with van der Waals surface area (Å²) in [5, 5.41) is 11.2. The van der Waals surface area contributed by atoms with Crippen LogP contribution in [0.3, 0.4) is 0 Å². The maximum atomic E-state index is 13.2. The lowest BCUT2D eigenvalue weighted by Crippen LogP contribution is -2.56. The van der Waals surface area contributed by atoms with Crippen LogP contribution in [0.2, 0.25) is 5.02 Å². The Bertz CT molecular complexity index is 863. The molecule has 30 heavy (non-hydrogen) atoms. The highest BCUT2D eigenvalue weighted by atomic mass is 35.5. The SMILES string of the molecule is O=C(c1ccc(F)cc1Cl)N1CCN(C(=O)C2NNC3CCC([N+](=O)[O-])CC32)CC1. The lowest BCUT2D eigenvalue weighted by Gasteiger charge is -2.37. The number of nitro groups is 1. The fraction of sp³-hybridized carbons (Fsp3) is 0.579. The molecule has 3 fully saturated rings. The molecule has 2 amide bonds. The molecule has 1 saturated carbocycles. The normalized spacial score (nSPS) is 28.9. The van der Waals surface area contributed by atoms with Gasteiger partial charge in [0.25, 0.3) is 5.91 Å². The van der Waals surface area contributed by atoms with E-state index in [4.69, 9.17) is 11.6 Å². The molecule has 4 rings (SSSR count). The molecule has 1 aliphatic carbocycles. The van der Waals surface area contributed by atoms with E-state index in [0.29, 0.717) is 45.4 Å². The highest BCUT2D eigenvalue weighted by molar-refractivity contribution is 6.33. The van der Waals surface area contributed by atoms with Crippen LogP contribution < -0.4 is 10.9 Å². The number of piperazine rings is 1. The van der Waals surface area contributed by atoms with Gasteiger partial charge in [0.15, 0.2) is 0 Å². The number of hydrogen-bond acceptors (Lipinski definition) is 6. The second-order valence-electron chi connectivity index (χ2n) is 8.03. The summed E-state index contributed by atoms with van der Waals surface area (Å²) in [4.78, 5) is 40.0. The second-order valence-corrected chi connectivity index (χ2v) is 8.44. The molecule has 2 heterocycles. The molecule has 162 valence electrons. The molecule has 2 aliphatic heterocycles. The van der Waals surface area contributed by atoms with E-state index in [-0.39, 0.29) is 39.3 Å². The number of benzene rings is 1. The lowest BCUT2D eigenvalue weighted by molar-refractivity contribution is -0.528. The first-order valence-electron chi connectivity index (χ1n) is 10.0. The minimum atomic E-state index is -0.613. The molecule has 4 atom stereocenters. The summed E-state index contributed by atoms with van der Waals surface area (Å²) in [6.07, 6.45) is 1.54. The van der Waals surface area contributed by atoms with Crippen molar-refractivity contribution in [3.8, 4) is 0 Å². The van der Waals surface area contributed by atoms with Crippen LogP contribution in [0.15, 0.2) is 18.2 Å². The number of amides is 2. The number of nitrogens with zero attached hydrogens (tertiary/aromatic N) is 3. The van der Waals surface area contributed by atoms with Crippen molar-refractivity contribution in [2.24, 2.45) is 5.92 Å². The average molecular weight is 440 g/mol. The van der Waals surface area contributed by atoms with E-state index in [1.165, 1.54) is 12.1 Å². The fourth-order valence-electron chi connectivity index (χ4n) is 4.63. The van der Waals surface area contributed by atoms with E-state index < -0.39 is 17.9 Å². The number of halogens is 2. The summed E-state index contributed by atoms with van der Waals surface area (Å²) < 4.78 is 13.2. The zero-order chi connectivity index (χ0) is 21.4. The van der Waals surface area contributed by atoms with E-state index in [0.717, 1.165) is 6.07 Å². The first-order valence-corrected chi connectivity index (χ1v) is 10.4. The third-order valence-electron chi connectivity index (χ3n) is 6.33. The Hall–Kier alpha value is -2.30. The van der Waals surface area contributed by atoms with Crippen LogP contribution in [0.4, 0.5) is 4.39 Å². The largest absolute Gasteiger partial charge is 0.338 e. The van der Waals surface area contributed by atoms with Crippen molar-refractivity contribution < 1.29 is 18.9 Å². The van der Waals surface area contributed by atoms with Crippen LogP contribution in [-0.4, -0.2) is 70.8 Å². The third kappa shape index (κ3) is 3.99. The van der Waals surface area contributed by atoms with Gasteiger partial charge < -0.3 is 9.80 Å². The van der Waals surface area contributed by atoms with Gasteiger partial charge in [-0.1, -0.05) is 11.6 Å². The molecule has 11 heteroatoms. The lowest BCUT2D eigenvalue weighted by atomic mass is 9.79. The quantitative estimate of drug-likeness (QED) is 0.538. The highest BCUT2D eigenvalue weighted by Crippen LogP contribution is 2.32. The van der Waals surface area contributed by atoms with Gasteiger partial charge in [0.05, 0.1) is 10.6 Å². The number of fused-ring (bicyclic) bond motifs is 1. The molecule has 0 radical (unpaired) electrons. The molecule has 0 aromatic heterocycles. The van der Waals surface area contributed by atoms with Crippen molar-refractivity contribution in [1.82, 2.24) is 20.7 Å². The van der Waals surface area contributed by atoms with Gasteiger partial charge in [-0.2, -0.15) is 0 Å². The van der Waals surface area contributed by atoms with E-state index in [1.54, 1.807) is 9.80 Å². The van der Waals surface area contributed by atoms with E-state index in [9.17, 15) is 24.1 Å². The molecule has 0 spiro atoms. The van der Waals surface area contributed by atoms with Crippen molar-refractivity contribution in [3.05, 3.63) is 44.7 Å². The van der Waals surface area contributed by atoms with Gasteiger partial charge in [0.2, 0.25) is 11.9 Å². The monoisotopic (exact) mass is 439 g/mol. The van der Waals surface area contributed by atoms with Crippen molar-refractivity contribution >= 4 is 23.4 Å². The van der Waals surface area contributed by atoms with Crippen LogP contribution in [0.1, 0.15) is 29.6 Å². The minimum absolute atomic E-state index is 0.0543. The Morgan fingerprint density at radius 2 is 1.83 bits per heavy atom. The summed E-state index contributed by atoms with van der Waals surface area (Å²) in [6.45, 7) is 1.39. The predicted octanol–water partition coefficient (Wildman–Crippen LogP) is 1.05. The number of rotatable bonds is 3. The molecule has 1 aromatic rings. The Morgan fingerprint density at radius 3 is 2.50 bits per heavy atom. The van der Waals surface area contributed by atoms with Gasteiger partial charge in [0, 0.05) is 55.9 Å². The summed E-state index contributed by atoms with van der Waals surface area (Å²) in [7, 11) is 0. The first-order chi connectivity index (χ1) is 14.3. The van der Waals surface area contributed by atoms with Gasteiger partial charge in [-0.25, -0.2) is 9.82 Å². The van der Waals surface area contributed by atoms with Crippen LogP contribution in [0.25, 0.3) is 0 Å². The zero-order valence-corrected chi connectivity index (χ0v) is 17.0. The Morgan fingerprint density at radius 1 is 1.13 bits per heavy atom. The van der Waals surface area contributed by atoms with Gasteiger partial charge in [-0.15, -0.1) is 0 Å². The standard InChI is InChI=1S/C19H23ClFN5O4/c20-15-9-11(21)1-3-13(15)18(27)24-5-7-25(8-6-24)19(28)17-14-10-12(26(29)30)2-4-16(14)22-23-17/h1,3,9,12,14,16-17,22-23H,2,4-8,10H2. The number of hydrazine groups is 1. The molecule has 4 unspecified atom stereocenters. The zero-order valence-electron chi connectivity index (χ0n) is 16.2. The van der Waals surface area contributed by atoms with Gasteiger partial charge in [0.1, 0.15) is 11.9 Å². The fourth-order valence-corrected chi connectivity index (χ4v) is 4.88. The van der Waals surface area contributed by atoms with Gasteiger partial charge in [-0.05, 0) is 24.6 Å². The first kappa shape index (κ1) is 21.0. The Balaban J connectivity index is 1.36. The predicted molar refractivity (Wildman–Crippen MR) is 106 cm³/mol. The van der Waals surface area contributed by atoms with Crippen molar-refractivity contribution in [2.75, 3.05) is 26.2 Å². The molecule has 3 aliphatic rings. The number of nitrogens with one attached hydrogen (secondary N) is 2. The van der Waals surface area contributed by atoms with Crippen molar-refractivity contribution in [2.45, 2.75) is 37.4 Å². The third-order valence-corrected chi connectivity index (χ3v) is 6.64. The van der Waals surface area contributed by atoms with Crippen LogP contribution >= 0.6 is 11.6 Å². The molecule has 1 aromatic carbocycles. The second kappa shape index (κ2) is 8.44. The van der Waals surface area contributed by atoms with Crippen LogP contribution in [0.5, 0.6) is 0 Å². The van der Waals surface area contributed by atoms with Crippen molar-refractivity contribution in [3.63, 3.8) is 0 Å². The molecule has 2 N–H and O–H groups in total. The van der Waals surface area contributed by atoms with Crippen LogP contribution in [0, 0.1) is 21.8 Å². The Kier molecular flexibility index (Phi) is 5.90. The average Bonchev–Trinajstić information content (AvgIpc) is 3.16. The molecule has 9 nitrogen and oxygen atoms in total. The van der Waals surface area contributed by atoms with E-state index in [1.807, 2.05) is 0 Å². The van der Waals surface area contributed by atoms with E-state index >= 15 is 0 Å². The summed E-state index contributed by atoms with van der Waals surface area (Å²) in [5.74, 6) is -1.04. The molecule has 0 bridgehead atoms. The Labute approximate surface area is 177 Å². The molecular weight excluding hydrogens is 417 g/mol. The number of hydrogen-bond donors (Lipinski definition) is 2. The summed E-state index contributed by atoms with van der Waals surface area (Å²) in [6, 6.07) is 2.59. The number of carbonyl (C=O) groups is 2. The summed E-state index contributed by atoms with van der Waals surface area (Å²) in [5.41, 5.74) is 6.38. The molecular formula is C19H23ClFN5O4. The smallest absolute Gasteiger partial charge is 0.255 e. The molecule has 2 saturated heterocycles. The topological polar surface area (TPSA) is 108 Å². The van der Waals surface area contributed by atoms with E-state index in [2.05, 4.69) is 10.9 Å². The van der Waals surface area contributed by atoms with Crippen LogP contribution in [-0.2, 0) is 4.79 Å². The minimum Gasteiger partial charge on any atom is -0.338 e. The maximum Gasteiger partial charge on any atom is 0.255 e. The van der Waals surface area contributed by atoms with Gasteiger partial charge in [-0.3, -0.25) is 25.1 Å². The number of carbonyl (C=O) groups excluding carboxylic acids is 2. The van der Waals surface area contributed by atoms with Crippen molar-refractivity contribution in [1.29, 1.82) is 0 Å². The summed E-state index contributed by atoms with van der Waals surface area (Å²) >= 11 is 5.99. The van der Waals surface area contributed by atoms with Gasteiger partial charge >= 0.3 is 0 Å².